The summed E-state index contributed by atoms with van der Waals surface area (Å²) in [7, 11) is 0. The molecule has 0 unspecified atom stereocenters. The van der Waals surface area contributed by atoms with Crippen LogP contribution in [0.1, 0.15) is 15.9 Å². The van der Waals surface area contributed by atoms with E-state index in [0.717, 1.165) is 3.79 Å². The second-order valence-electron chi connectivity index (χ2n) is 3.16. The van der Waals surface area contributed by atoms with Crippen molar-refractivity contribution in [3.63, 3.8) is 0 Å². The highest BCUT2D eigenvalue weighted by atomic mass is 79.9. The Hall–Kier alpha value is -0.0400. The highest BCUT2D eigenvalue weighted by Gasteiger charge is 2.21. The minimum atomic E-state index is -0.529. The van der Waals surface area contributed by atoms with Crippen molar-refractivity contribution < 1.29 is 9.18 Å². The summed E-state index contributed by atoms with van der Waals surface area (Å²) in [5, 5.41) is 0. The van der Waals surface area contributed by atoms with E-state index in [1.54, 1.807) is 18.2 Å². The third-order valence-electron chi connectivity index (χ3n) is 2.09. The number of carbonyl (C=O) groups excluding carboxylic acids is 1. The van der Waals surface area contributed by atoms with Gasteiger partial charge in [-0.3, -0.25) is 4.79 Å². The number of rotatable bonds is 2. The summed E-state index contributed by atoms with van der Waals surface area (Å²) in [6, 6.07) is 6.14. The van der Waals surface area contributed by atoms with Crippen LogP contribution in [0, 0.1) is 5.82 Å². The van der Waals surface area contributed by atoms with Gasteiger partial charge in [-0.05, 0) is 66.0 Å². The number of thiophene rings is 1. The summed E-state index contributed by atoms with van der Waals surface area (Å²) >= 11 is 11.2. The zero-order valence-corrected chi connectivity index (χ0v) is 13.7. The molecule has 0 radical (unpaired) electrons. The van der Waals surface area contributed by atoms with Crippen molar-refractivity contribution in [2.24, 2.45) is 0 Å². The largest absolute Gasteiger partial charge is 0.288 e. The van der Waals surface area contributed by atoms with Gasteiger partial charge in [-0.1, -0.05) is 6.07 Å². The average molecular weight is 443 g/mol. The molecule has 0 aliphatic heterocycles. The van der Waals surface area contributed by atoms with Crippen molar-refractivity contribution in [3.05, 3.63) is 53.3 Å². The van der Waals surface area contributed by atoms with Crippen molar-refractivity contribution in [1.29, 1.82) is 0 Å². The van der Waals surface area contributed by atoms with Gasteiger partial charge in [0.1, 0.15) is 5.82 Å². The number of hydrogen-bond donors (Lipinski definition) is 0. The molecule has 1 aromatic carbocycles. The zero-order chi connectivity index (χ0) is 12.6. The molecular weight excluding hydrogens is 439 g/mol. The van der Waals surface area contributed by atoms with Crippen molar-refractivity contribution in [2.45, 2.75) is 0 Å². The first kappa shape index (κ1) is 13.4. The maximum Gasteiger partial charge on any atom is 0.199 e. The highest BCUT2D eigenvalue weighted by molar-refractivity contribution is 9.12. The molecule has 17 heavy (non-hydrogen) atoms. The predicted molar refractivity (Wildman–Crippen MR) is 77.3 cm³/mol. The molecule has 0 saturated carbocycles. The van der Waals surface area contributed by atoms with Gasteiger partial charge in [-0.2, -0.15) is 0 Å². The summed E-state index contributed by atoms with van der Waals surface area (Å²) in [4.78, 5) is 12.2. The lowest BCUT2D eigenvalue weighted by Gasteiger charge is -2.04. The van der Waals surface area contributed by atoms with E-state index in [1.807, 2.05) is 0 Å². The number of benzene rings is 1. The second kappa shape index (κ2) is 5.30. The molecule has 2 aromatic rings. The van der Waals surface area contributed by atoms with Crippen molar-refractivity contribution in [2.75, 3.05) is 0 Å². The summed E-state index contributed by atoms with van der Waals surface area (Å²) in [5.41, 5.74) is 0.506. The Bertz CT molecular complexity index is 574. The van der Waals surface area contributed by atoms with Crippen LogP contribution in [-0.4, -0.2) is 5.78 Å². The molecule has 0 amide bonds. The zero-order valence-electron chi connectivity index (χ0n) is 8.14. The lowest BCUT2D eigenvalue weighted by atomic mass is 10.1. The predicted octanol–water partition coefficient (Wildman–Crippen LogP) is 5.41. The molecule has 0 saturated heterocycles. The van der Waals surface area contributed by atoms with E-state index in [1.165, 1.54) is 17.4 Å². The molecule has 1 heterocycles. The van der Waals surface area contributed by atoms with E-state index >= 15 is 0 Å². The maximum absolute atomic E-state index is 13.7. The van der Waals surface area contributed by atoms with Gasteiger partial charge in [0.2, 0.25) is 0 Å². The van der Waals surface area contributed by atoms with Gasteiger partial charge in [-0.25, -0.2) is 4.39 Å². The van der Waals surface area contributed by atoms with E-state index in [4.69, 9.17) is 0 Å². The van der Waals surface area contributed by atoms with E-state index in [0.29, 0.717) is 13.8 Å². The molecule has 1 nitrogen and oxygen atoms in total. The molecule has 2 rings (SSSR count). The molecule has 0 bridgehead atoms. The van der Waals surface area contributed by atoms with Crippen molar-refractivity contribution in [1.82, 2.24) is 0 Å². The van der Waals surface area contributed by atoms with Crippen LogP contribution in [0.3, 0.4) is 0 Å². The van der Waals surface area contributed by atoms with E-state index in [-0.39, 0.29) is 11.3 Å². The summed E-state index contributed by atoms with van der Waals surface area (Å²) in [6.45, 7) is 0. The first-order chi connectivity index (χ1) is 8.00. The fraction of sp³-hybridized carbons (Fsp3) is 0. The first-order valence-electron chi connectivity index (χ1n) is 4.44. The molecular formula is C11H4Br3FOS. The second-order valence-corrected chi connectivity index (χ2v) is 7.77. The van der Waals surface area contributed by atoms with Crippen LogP contribution in [0.15, 0.2) is 36.3 Å². The van der Waals surface area contributed by atoms with Crippen molar-refractivity contribution >= 4 is 64.9 Å². The Balaban J connectivity index is 2.55. The third kappa shape index (κ3) is 2.70. The summed E-state index contributed by atoms with van der Waals surface area (Å²) in [6.07, 6.45) is 0. The van der Waals surface area contributed by atoms with E-state index in [9.17, 15) is 9.18 Å². The fourth-order valence-corrected chi connectivity index (χ4v) is 4.66. The molecule has 0 aliphatic carbocycles. The molecule has 0 fully saturated rings. The van der Waals surface area contributed by atoms with E-state index in [2.05, 4.69) is 47.8 Å². The molecule has 0 aliphatic rings. The number of ketones is 1. The van der Waals surface area contributed by atoms with Gasteiger partial charge in [0, 0.05) is 10.0 Å². The van der Waals surface area contributed by atoms with Gasteiger partial charge in [0.15, 0.2) is 5.78 Å². The van der Waals surface area contributed by atoms with Gasteiger partial charge in [0.05, 0.1) is 13.1 Å². The maximum atomic E-state index is 13.7. The molecule has 88 valence electrons. The van der Waals surface area contributed by atoms with Crippen LogP contribution in [0.2, 0.25) is 0 Å². The molecule has 1 aromatic heterocycles. The summed E-state index contributed by atoms with van der Waals surface area (Å²) in [5.74, 6) is -0.873. The van der Waals surface area contributed by atoms with Crippen LogP contribution < -0.4 is 0 Å². The van der Waals surface area contributed by atoms with Crippen LogP contribution >= 0.6 is 59.1 Å². The molecule has 0 atom stereocenters. The molecule has 0 N–H and O–H groups in total. The standard InChI is InChI=1S/C11H4Br3FOS/c12-6-2-1-3-7(15)9(6)10(16)5-4-8(13)17-11(5)14/h1-4H. The topological polar surface area (TPSA) is 17.1 Å². The average Bonchev–Trinajstić information content (AvgIpc) is 2.57. The Kier molecular flexibility index (Phi) is 4.18. The van der Waals surface area contributed by atoms with Gasteiger partial charge in [-0.15, -0.1) is 11.3 Å². The van der Waals surface area contributed by atoms with Gasteiger partial charge in [0.25, 0.3) is 0 Å². The third-order valence-corrected chi connectivity index (χ3v) is 5.09. The molecule has 0 spiro atoms. The smallest absolute Gasteiger partial charge is 0.199 e. The van der Waals surface area contributed by atoms with Crippen LogP contribution in [0.4, 0.5) is 4.39 Å². The Morgan fingerprint density at radius 1 is 1.24 bits per heavy atom. The Morgan fingerprint density at radius 3 is 2.47 bits per heavy atom. The summed E-state index contributed by atoms with van der Waals surface area (Å²) < 4.78 is 15.6. The lowest BCUT2D eigenvalue weighted by molar-refractivity contribution is 0.103. The van der Waals surface area contributed by atoms with Crippen LogP contribution in [-0.2, 0) is 0 Å². The lowest BCUT2D eigenvalue weighted by Crippen LogP contribution is -2.04. The quantitative estimate of drug-likeness (QED) is 0.569. The Labute approximate surface area is 126 Å². The first-order valence-corrected chi connectivity index (χ1v) is 7.64. The van der Waals surface area contributed by atoms with Crippen LogP contribution in [0.5, 0.6) is 0 Å². The number of halogens is 4. The fourth-order valence-electron chi connectivity index (χ4n) is 1.34. The minimum absolute atomic E-state index is 0.0542. The SMILES string of the molecule is O=C(c1cc(Br)sc1Br)c1c(F)cccc1Br. The van der Waals surface area contributed by atoms with E-state index < -0.39 is 5.82 Å². The molecule has 6 heteroatoms. The van der Waals surface area contributed by atoms with Crippen LogP contribution in [0.25, 0.3) is 0 Å². The highest BCUT2D eigenvalue weighted by Crippen LogP contribution is 2.34. The normalized spacial score (nSPS) is 10.6. The van der Waals surface area contributed by atoms with Gasteiger partial charge < -0.3 is 0 Å². The number of carbonyl (C=O) groups is 1. The Morgan fingerprint density at radius 2 is 1.94 bits per heavy atom. The van der Waals surface area contributed by atoms with Gasteiger partial charge >= 0.3 is 0 Å². The monoisotopic (exact) mass is 440 g/mol. The number of hydrogen-bond acceptors (Lipinski definition) is 2. The van der Waals surface area contributed by atoms with Crippen molar-refractivity contribution in [3.8, 4) is 0 Å². The minimum Gasteiger partial charge on any atom is -0.288 e.